The van der Waals surface area contributed by atoms with Crippen LogP contribution in [-0.4, -0.2) is 67.9 Å². The number of nitrogens with one attached hydrogen (secondary N) is 1. The molecule has 26 heavy (non-hydrogen) atoms. The quantitative estimate of drug-likeness (QED) is 0.375. The van der Waals surface area contributed by atoms with Crippen LogP contribution in [0.4, 0.5) is 0 Å². The third kappa shape index (κ3) is 7.61. The van der Waals surface area contributed by atoms with E-state index < -0.39 is 0 Å². The van der Waals surface area contributed by atoms with Crippen molar-refractivity contribution in [3.63, 3.8) is 0 Å². The lowest BCUT2D eigenvalue weighted by atomic mass is 9.94. The van der Waals surface area contributed by atoms with Crippen molar-refractivity contribution in [1.82, 2.24) is 10.2 Å². The molecule has 0 saturated carbocycles. The molecule has 1 unspecified atom stereocenters. The van der Waals surface area contributed by atoms with Crippen LogP contribution in [0.15, 0.2) is 0 Å². The first-order valence-electron chi connectivity index (χ1n) is 9.14. The number of carbonyl (C=O) groups excluding carboxylic acids is 4. The maximum atomic E-state index is 12.1. The Bertz CT molecular complexity index is 506. The summed E-state index contributed by atoms with van der Waals surface area (Å²) in [5, 5.41) is 2.68. The van der Waals surface area contributed by atoms with Crippen LogP contribution in [0.3, 0.4) is 0 Å². The molecule has 1 aliphatic rings. The maximum Gasteiger partial charge on any atom is 0.233 e. The van der Waals surface area contributed by atoms with E-state index >= 15 is 0 Å². The van der Waals surface area contributed by atoms with Crippen LogP contribution in [0.5, 0.6) is 0 Å². The fraction of sp³-hybridized carbons (Fsp3) is 0.778. The van der Waals surface area contributed by atoms with Crippen LogP contribution in [-0.2, 0) is 28.7 Å². The summed E-state index contributed by atoms with van der Waals surface area (Å²) < 4.78 is 10.4. The second kappa shape index (κ2) is 11.7. The summed E-state index contributed by atoms with van der Waals surface area (Å²) in [4.78, 5) is 48.0. The summed E-state index contributed by atoms with van der Waals surface area (Å²) in [6, 6.07) is 0. The number of nitrogens with zero attached hydrogens (tertiary/aromatic N) is 1. The molecule has 148 valence electrons. The van der Waals surface area contributed by atoms with Crippen molar-refractivity contribution in [3.8, 4) is 0 Å². The second-order valence-corrected chi connectivity index (χ2v) is 6.60. The summed E-state index contributed by atoms with van der Waals surface area (Å²) in [7, 11) is 0. The molecule has 0 aromatic heterocycles. The number of rotatable bonds is 13. The molecule has 1 heterocycles. The van der Waals surface area contributed by atoms with Crippen molar-refractivity contribution in [3.05, 3.63) is 0 Å². The number of carbonyl (C=O) groups is 4. The molecule has 0 aromatic rings. The third-order valence-electron chi connectivity index (χ3n) is 4.24. The normalized spacial score (nSPS) is 17.2. The molecule has 1 atom stereocenters. The highest BCUT2D eigenvalue weighted by Gasteiger charge is 2.39. The van der Waals surface area contributed by atoms with Crippen molar-refractivity contribution in [2.24, 2.45) is 11.8 Å². The molecule has 1 fully saturated rings. The maximum absolute atomic E-state index is 12.1. The van der Waals surface area contributed by atoms with Gasteiger partial charge in [0, 0.05) is 38.3 Å². The van der Waals surface area contributed by atoms with Gasteiger partial charge in [-0.25, -0.2) is 0 Å². The predicted molar refractivity (Wildman–Crippen MR) is 94.2 cm³/mol. The van der Waals surface area contributed by atoms with E-state index in [9.17, 15) is 19.2 Å². The van der Waals surface area contributed by atoms with Gasteiger partial charge in [0.15, 0.2) is 5.78 Å². The number of ether oxygens (including phenoxy) is 2. The zero-order valence-corrected chi connectivity index (χ0v) is 15.9. The number of hydrogen-bond donors (Lipinski definition) is 1. The number of amides is 3. The van der Waals surface area contributed by atoms with Gasteiger partial charge >= 0.3 is 0 Å². The van der Waals surface area contributed by atoms with Gasteiger partial charge in [-0.1, -0.05) is 20.8 Å². The Kier molecular flexibility index (Phi) is 10.0. The molecule has 0 radical (unpaired) electrons. The van der Waals surface area contributed by atoms with Gasteiger partial charge in [0.05, 0.1) is 19.8 Å². The van der Waals surface area contributed by atoms with Crippen molar-refractivity contribution in [1.29, 1.82) is 0 Å². The average molecular weight is 370 g/mol. The second-order valence-electron chi connectivity index (χ2n) is 6.60. The van der Waals surface area contributed by atoms with Crippen molar-refractivity contribution >= 4 is 23.5 Å². The highest BCUT2D eigenvalue weighted by molar-refractivity contribution is 6.03. The van der Waals surface area contributed by atoms with Gasteiger partial charge in [0.25, 0.3) is 0 Å². The van der Waals surface area contributed by atoms with Crippen LogP contribution < -0.4 is 5.32 Å². The smallest absolute Gasteiger partial charge is 0.233 e. The van der Waals surface area contributed by atoms with Crippen LogP contribution in [0, 0.1) is 11.8 Å². The first-order valence-corrected chi connectivity index (χ1v) is 9.14. The van der Waals surface area contributed by atoms with Gasteiger partial charge in [-0.3, -0.25) is 24.1 Å². The van der Waals surface area contributed by atoms with Gasteiger partial charge in [0.2, 0.25) is 17.7 Å². The third-order valence-corrected chi connectivity index (χ3v) is 4.24. The minimum Gasteiger partial charge on any atom is -0.377 e. The Morgan fingerprint density at radius 1 is 1.19 bits per heavy atom. The van der Waals surface area contributed by atoms with Gasteiger partial charge in [0.1, 0.15) is 6.61 Å². The van der Waals surface area contributed by atoms with E-state index in [1.807, 2.05) is 13.8 Å². The number of imide groups is 1. The molecule has 1 N–H and O–H groups in total. The fourth-order valence-corrected chi connectivity index (χ4v) is 2.54. The zero-order chi connectivity index (χ0) is 19.5. The van der Waals surface area contributed by atoms with E-state index in [-0.39, 0.29) is 61.3 Å². The van der Waals surface area contributed by atoms with E-state index in [1.54, 1.807) is 6.92 Å². The molecule has 0 aromatic carbocycles. The van der Waals surface area contributed by atoms with E-state index in [2.05, 4.69) is 5.32 Å². The van der Waals surface area contributed by atoms with Gasteiger partial charge in [-0.05, 0) is 5.92 Å². The van der Waals surface area contributed by atoms with E-state index in [1.165, 1.54) is 4.90 Å². The number of Topliss-reactive ketones (excluding diaryl/α,β-unsaturated/α-hetero) is 1. The van der Waals surface area contributed by atoms with E-state index in [0.717, 1.165) is 0 Å². The molecular weight excluding hydrogens is 340 g/mol. The molecule has 0 bridgehead atoms. The van der Waals surface area contributed by atoms with E-state index in [0.29, 0.717) is 32.8 Å². The highest BCUT2D eigenvalue weighted by Crippen LogP contribution is 2.26. The fourth-order valence-electron chi connectivity index (χ4n) is 2.54. The molecular formula is C18H30N2O6. The summed E-state index contributed by atoms with van der Waals surface area (Å²) >= 11 is 0. The van der Waals surface area contributed by atoms with Gasteiger partial charge in [-0.15, -0.1) is 0 Å². The molecule has 8 nitrogen and oxygen atoms in total. The standard InChI is InChI=1S/C18H30N2O6/c1-4-14(21)12-26-10-9-25-8-6-19-16(22)5-7-20-17(23)11-15(13(2)3)18(20)24/h13,15H,4-12H2,1-3H3,(H,19,22). The highest BCUT2D eigenvalue weighted by atomic mass is 16.5. The Labute approximate surface area is 154 Å². The molecule has 0 spiro atoms. The first-order chi connectivity index (χ1) is 12.4. The Morgan fingerprint density at radius 3 is 2.50 bits per heavy atom. The summed E-state index contributed by atoms with van der Waals surface area (Å²) in [6.07, 6.45) is 0.780. The van der Waals surface area contributed by atoms with Crippen LogP contribution in [0.1, 0.15) is 40.0 Å². The minimum absolute atomic E-state index is 0.0481. The summed E-state index contributed by atoms with van der Waals surface area (Å²) in [5.74, 6) is -0.715. The van der Waals surface area contributed by atoms with Crippen LogP contribution in [0.25, 0.3) is 0 Å². The lowest BCUT2D eigenvalue weighted by molar-refractivity contribution is -0.140. The largest absolute Gasteiger partial charge is 0.377 e. The zero-order valence-electron chi connectivity index (χ0n) is 15.9. The van der Waals surface area contributed by atoms with Gasteiger partial charge < -0.3 is 14.8 Å². The van der Waals surface area contributed by atoms with Gasteiger partial charge in [-0.2, -0.15) is 0 Å². The summed E-state index contributed by atoms with van der Waals surface area (Å²) in [5.41, 5.74) is 0. The van der Waals surface area contributed by atoms with Crippen molar-refractivity contribution in [2.45, 2.75) is 40.0 Å². The monoisotopic (exact) mass is 370 g/mol. The first kappa shape index (κ1) is 22.2. The van der Waals surface area contributed by atoms with Crippen LogP contribution >= 0.6 is 0 Å². The average Bonchev–Trinajstić information content (AvgIpc) is 2.89. The minimum atomic E-state index is -0.270. The topological polar surface area (TPSA) is 102 Å². The molecule has 1 saturated heterocycles. The molecule has 3 amide bonds. The Hall–Kier alpha value is -1.80. The predicted octanol–water partition coefficient (Wildman–Crippen LogP) is 0.536. The molecule has 8 heteroatoms. The molecule has 1 aliphatic heterocycles. The number of ketones is 1. The lowest BCUT2D eigenvalue weighted by Gasteiger charge is -2.16. The van der Waals surface area contributed by atoms with Crippen LogP contribution in [0.2, 0.25) is 0 Å². The van der Waals surface area contributed by atoms with Crippen molar-refractivity contribution < 1.29 is 28.7 Å². The Balaban J connectivity index is 2.08. The molecule has 0 aliphatic carbocycles. The lowest BCUT2D eigenvalue weighted by Crippen LogP contribution is -2.36. The van der Waals surface area contributed by atoms with Crippen molar-refractivity contribution in [2.75, 3.05) is 39.5 Å². The van der Waals surface area contributed by atoms with E-state index in [4.69, 9.17) is 9.47 Å². The molecule has 1 rings (SSSR count). The Morgan fingerprint density at radius 2 is 1.88 bits per heavy atom. The SMILES string of the molecule is CCC(=O)COCCOCCNC(=O)CCN1C(=O)CC(C(C)C)C1=O. The number of hydrogen-bond acceptors (Lipinski definition) is 6. The summed E-state index contributed by atoms with van der Waals surface area (Å²) in [6.45, 7) is 7.17. The number of likely N-dealkylation sites (tertiary alicyclic amines) is 1.